The Morgan fingerprint density at radius 3 is 2.94 bits per heavy atom. The Morgan fingerprint density at radius 2 is 2.31 bits per heavy atom. The van der Waals surface area contributed by atoms with Crippen molar-refractivity contribution in [2.24, 2.45) is 0 Å². The molecule has 0 aromatic carbocycles. The normalized spacial score (nSPS) is 14.9. The second-order valence-electron chi connectivity index (χ2n) is 3.73. The molecule has 0 spiro atoms. The highest BCUT2D eigenvalue weighted by Gasteiger charge is 2.17. The molecule has 2 unspecified atom stereocenters. The van der Waals surface area contributed by atoms with E-state index in [0.717, 1.165) is 12.2 Å². The van der Waals surface area contributed by atoms with Crippen molar-refractivity contribution in [3.63, 3.8) is 0 Å². The molecule has 2 rings (SSSR count). The molecule has 0 amide bonds. The number of aromatic nitrogens is 4. The highest BCUT2D eigenvalue weighted by Crippen LogP contribution is 2.22. The fourth-order valence-corrected chi connectivity index (χ4v) is 2.55. The van der Waals surface area contributed by atoms with Crippen LogP contribution in [0.3, 0.4) is 0 Å². The van der Waals surface area contributed by atoms with Gasteiger partial charge in [-0.15, -0.1) is 28.0 Å². The van der Waals surface area contributed by atoms with Gasteiger partial charge in [-0.25, -0.2) is 4.68 Å². The lowest BCUT2D eigenvalue weighted by Crippen LogP contribution is -2.13. The summed E-state index contributed by atoms with van der Waals surface area (Å²) in [6, 6.07) is 4.40. The van der Waals surface area contributed by atoms with Gasteiger partial charge in [0.25, 0.3) is 0 Å². The van der Waals surface area contributed by atoms with E-state index in [0.29, 0.717) is 0 Å². The molecule has 0 saturated carbocycles. The molecule has 86 valence electrons. The first kappa shape index (κ1) is 11.5. The minimum Gasteiger partial charge on any atom is -0.225 e. The summed E-state index contributed by atoms with van der Waals surface area (Å²) in [5, 5.41) is 13.5. The van der Waals surface area contributed by atoms with Crippen LogP contribution in [0.5, 0.6) is 0 Å². The Hall–Kier alpha value is -0.940. The molecule has 0 aliphatic heterocycles. The van der Waals surface area contributed by atoms with Gasteiger partial charge in [-0.3, -0.25) is 0 Å². The Balaban J connectivity index is 2.14. The molecule has 16 heavy (non-hydrogen) atoms. The molecule has 2 aromatic rings. The number of halogens is 1. The summed E-state index contributed by atoms with van der Waals surface area (Å²) < 4.78 is 1.80. The van der Waals surface area contributed by atoms with Gasteiger partial charge in [-0.1, -0.05) is 6.07 Å². The molecule has 0 aliphatic rings. The monoisotopic (exact) mass is 256 g/mol. The first-order valence-electron chi connectivity index (χ1n) is 5.12. The van der Waals surface area contributed by atoms with Gasteiger partial charge in [0.2, 0.25) is 0 Å². The van der Waals surface area contributed by atoms with Crippen molar-refractivity contribution in [3.05, 3.63) is 28.2 Å². The summed E-state index contributed by atoms with van der Waals surface area (Å²) in [5.41, 5.74) is 0. The van der Waals surface area contributed by atoms with E-state index in [4.69, 9.17) is 11.6 Å². The highest BCUT2D eigenvalue weighted by molar-refractivity contribution is 7.09. The zero-order chi connectivity index (χ0) is 11.5. The maximum Gasteiger partial charge on any atom is 0.169 e. The largest absolute Gasteiger partial charge is 0.225 e. The Bertz CT molecular complexity index is 437. The molecule has 0 saturated heterocycles. The lowest BCUT2D eigenvalue weighted by Gasteiger charge is -2.13. The van der Waals surface area contributed by atoms with E-state index >= 15 is 0 Å². The second-order valence-corrected chi connectivity index (χ2v) is 5.42. The Labute approximate surface area is 103 Å². The van der Waals surface area contributed by atoms with Crippen molar-refractivity contribution in [3.8, 4) is 0 Å². The number of hydrogen-bond donors (Lipinski definition) is 0. The fraction of sp³-hybridized carbons (Fsp3) is 0.500. The SMILES string of the molecule is CC(Cl)c1nnnn1C(C)Cc1cccs1. The maximum atomic E-state index is 6.01. The van der Waals surface area contributed by atoms with Crippen LogP contribution in [0.25, 0.3) is 0 Å². The van der Waals surface area contributed by atoms with Crippen LogP contribution in [0.15, 0.2) is 17.5 Å². The molecule has 0 aliphatic carbocycles. The van der Waals surface area contributed by atoms with Gasteiger partial charge in [-0.2, -0.15) is 0 Å². The number of tetrazole rings is 1. The molecule has 2 aromatic heterocycles. The van der Waals surface area contributed by atoms with E-state index in [1.165, 1.54) is 4.88 Å². The molecule has 6 heteroatoms. The van der Waals surface area contributed by atoms with E-state index < -0.39 is 0 Å². The summed E-state index contributed by atoms with van der Waals surface area (Å²) in [6.45, 7) is 3.97. The van der Waals surface area contributed by atoms with E-state index in [-0.39, 0.29) is 11.4 Å². The van der Waals surface area contributed by atoms with Gasteiger partial charge in [0.1, 0.15) is 0 Å². The standard InChI is InChI=1S/C10H13ClN4S/c1-7(6-9-4-3-5-16-9)15-10(8(2)11)12-13-14-15/h3-5,7-8H,6H2,1-2H3. The molecule has 4 nitrogen and oxygen atoms in total. The zero-order valence-corrected chi connectivity index (χ0v) is 10.7. The van der Waals surface area contributed by atoms with E-state index in [1.54, 1.807) is 16.0 Å². The van der Waals surface area contributed by atoms with Crippen molar-refractivity contribution in [2.45, 2.75) is 31.7 Å². The Morgan fingerprint density at radius 1 is 1.50 bits per heavy atom. The van der Waals surface area contributed by atoms with Crippen molar-refractivity contribution in [1.82, 2.24) is 20.2 Å². The van der Waals surface area contributed by atoms with E-state index in [2.05, 4.69) is 40.0 Å². The number of thiophene rings is 1. The molecule has 0 radical (unpaired) electrons. The third-order valence-electron chi connectivity index (χ3n) is 2.37. The van der Waals surface area contributed by atoms with Crippen LogP contribution in [0.1, 0.15) is 36.0 Å². The van der Waals surface area contributed by atoms with Gasteiger partial charge >= 0.3 is 0 Å². The minimum absolute atomic E-state index is 0.166. The molecule has 0 fully saturated rings. The summed E-state index contributed by atoms with van der Waals surface area (Å²) in [5.74, 6) is 0.728. The van der Waals surface area contributed by atoms with Crippen molar-refractivity contribution >= 4 is 22.9 Å². The Kier molecular flexibility index (Phi) is 3.56. The van der Waals surface area contributed by atoms with E-state index in [1.807, 2.05) is 6.92 Å². The number of alkyl halides is 1. The molecule has 0 N–H and O–H groups in total. The van der Waals surface area contributed by atoms with Crippen LogP contribution in [0, 0.1) is 0 Å². The van der Waals surface area contributed by atoms with Gasteiger partial charge in [-0.05, 0) is 35.7 Å². The van der Waals surface area contributed by atoms with Crippen LogP contribution in [-0.2, 0) is 6.42 Å². The molecule has 2 heterocycles. The third kappa shape index (κ3) is 2.41. The minimum atomic E-state index is -0.166. The number of nitrogens with zero attached hydrogens (tertiary/aromatic N) is 4. The quantitative estimate of drug-likeness (QED) is 0.790. The van der Waals surface area contributed by atoms with Gasteiger partial charge in [0.15, 0.2) is 5.82 Å². The van der Waals surface area contributed by atoms with Crippen LogP contribution < -0.4 is 0 Å². The third-order valence-corrected chi connectivity index (χ3v) is 3.46. The molecular formula is C10H13ClN4S. The summed E-state index contributed by atoms with van der Waals surface area (Å²) in [6.07, 6.45) is 0.930. The predicted molar refractivity (Wildman–Crippen MR) is 64.8 cm³/mol. The topological polar surface area (TPSA) is 43.6 Å². The highest BCUT2D eigenvalue weighted by atomic mass is 35.5. The average molecular weight is 257 g/mol. The summed E-state index contributed by atoms with van der Waals surface area (Å²) in [7, 11) is 0. The number of hydrogen-bond acceptors (Lipinski definition) is 4. The smallest absolute Gasteiger partial charge is 0.169 e. The number of rotatable bonds is 4. The van der Waals surface area contributed by atoms with Gasteiger partial charge < -0.3 is 0 Å². The second kappa shape index (κ2) is 4.93. The van der Waals surface area contributed by atoms with Crippen LogP contribution >= 0.6 is 22.9 Å². The van der Waals surface area contributed by atoms with Crippen molar-refractivity contribution in [1.29, 1.82) is 0 Å². The van der Waals surface area contributed by atoms with Crippen LogP contribution in [0.4, 0.5) is 0 Å². The van der Waals surface area contributed by atoms with Crippen molar-refractivity contribution in [2.75, 3.05) is 0 Å². The van der Waals surface area contributed by atoms with E-state index in [9.17, 15) is 0 Å². The molecular weight excluding hydrogens is 244 g/mol. The van der Waals surface area contributed by atoms with Crippen molar-refractivity contribution < 1.29 is 0 Å². The first-order valence-corrected chi connectivity index (χ1v) is 6.44. The lowest BCUT2D eigenvalue weighted by atomic mass is 10.2. The zero-order valence-electron chi connectivity index (χ0n) is 9.17. The van der Waals surface area contributed by atoms with Gasteiger partial charge in [0.05, 0.1) is 11.4 Å². The van der Waals surface area contributed by atoms with Crippen LogP contribution in [-0.4, -0.2) is 20.2 Å². The lowest BCUT2D eigenvalue weighted by molar-refractivity contribution is 0.459. The maximum absolute atomic E-state index is 6.01. The predicted octanol–water partition coefficient (Wildman–Crippen LogP) is 2.84. The summed E-state index contributed by atoms with van der Waals surface area (Å²) in [4.78, 5) is 1.33. The fourth-order valence-electron chi connectivity index (χ4n) is 1.58. The summed E-state index contributed by atoms with van der Waals surface area (Å²) >= 11 is 7.76. The molecule has 0 bridgehead atoms. The van der Waals surface area contributed by atoms with Crippen LogP contribution in [0.2, 0.25) is 0 Å². The average Bonchev–Trinajstić information content (AvgIpc) is 2.86. The van der Waals surface area contributed by atoms with Gasteiger partial charge in [0, 0.05) is 11.3 Å². The first-order chi connectivity index (χ1) is 7.68. The molecule has 2 atom stereocenters.